The van der Waals surface area contributed by atoms with Crippen molar-refractivity contribution in [2.45, 2.75) is 125 Å². The molecule has 4 aliphatic rings. The zero-order chi connectivity index (χ0) is 24.8. The van der Waals surface area contributed by atoms with Gasteiger partial charge in [-0.2, -0.15) is 0 Å². The van der Waals surface area contributed by atoms with E-state index >= 15 is 0 Å². The molecule has 0 saturated heterocycles. The average Bonchev–Trinajstić information content (AvgIpc) is 3.21. The van der Waals surface area contributed by atoms with Crippen LogP contribution in [0, 0.1) is 64.2 Å². The molecule has 0 amide bonds. The van der Waals surface area contributed by atoms with Gasteiger partial charge in [-0.3, -0.25) is 0 Å². The van der Waals surface area contributed by atoms with Crippen LogP contribution in [0.4, 0.5) is 0 Å². The highest BCUT2D eigenvalue weighted by Crippen LogP contribution is 2.70. The monoisotopic (exact) mass is 475 g/mol. The van der Waals surface area contributed by atoms with Gasteiger partial charge in [0.05, 0.1) is 0 Å². The summed E-state index contributed by atoms with van der Waals surface area (Å²) in [6.45, 7) is 15.5. The van der Waals surface area contributed by atoms with Crippen molar-refractivity contribution in [2.75, 3.05) is 0 Å². The Hall–Kier alpha value is -0.780. The molecule has 10 atom stereocenters. The molecular formula is C35H55. The number of hydrogen-bond acceptors (Lipinski definition) is 0. The van der Waals surface area contributed by atoms with Crippen LogP contribution in [0.5, 0.6) is 0 Å². The van der Waals surface area contributed by atoms with Gasteiger partial charge in [-0.05, 0) is 134 Å². The molecule has 0 bridgehead atoms. The zero-order valence-electron chi connectivity index (χ0n) is 24.0. The lowest BCUT2D eigenvalue weighted by molar-refractivity contribution is -0.124. The molecule has 4 aliphatic carbocycles. The molecule has 1 aromatic rings. The predicted molar refractivity (Wildman–Crippen MR) is 150 cm³/mol. The van der Waals surface area contributed by atoms with Gasteiger partial charge in [0.15, 0.2) is 0 Å². The second kappa shape index (κ2) is 10.2. The van der Waals surface area contributed by atoms with E-state index < -0.39 is 0 Å². The van der Waals surface area contributed by atoms with Crippen LogP contribution in [0.3, 0.4) is 0 Å². The van der Waals surface area contributed by atoms with E-state index in [4.69, 9.17) is 0 Å². The summed E-state index contributed by atoms with van der Waals surface area (Å²) in [5.74, 6) is 8.27. The first-order valence-corrected chi connectivity index (χ1v) is 15.8. The summed E-state index contributed by atoms with van der Waals surface area (Å²) in [6, 6.07) is 12.5. The Kier molecular flexibility index (Phi) is 7.52. The summed E-state index contributed by atoms with van der Waals surface area (Å²) in [5.41, 5.74) is 2.71. The van der Waals surface area contributed by atoms with Crippen molar-refractivity contribution in [2.24, 2.45) is 58.2 Å². The van der Waals surface area contributed by atoms with Crippen LogP contribution in [-0.4, -0.2) is 0 Å². The molecule has 1 radical (unpaired) electrons. The summed E-state index contributed by atoms with van der Waals surface area (Å²) >= 11 is 0. The fraction of sp³-hybridized carbons (Fsp3) is 0.829. The van der Waals surface area contributed by atoms with Crippen LogP contribution < -0.4 is 0 Å². The van der Waals surface area contributed by atoms with Crippen molar-refractivity contribution < 1.29 is 0 Å². The summed E-state index contributed by atoms with van der Waals surface area (Å²) in [7, 11) is 0. The highest BCUT2D eigenvalue weighted by Gasteiger charge is 2.62. The maximum Gasteiger partial charge on any atom is -0.0102 e. The van der Waals surface area contributed by atoms with E-state index in [0.29, 0.717) is 10.8 Å². The number of hydrogen-bond donors (Lipinski definition) is 0. The SMILES string of the molecule is CC[C@H](CC[C@@H](C)[C@H]1CC[C@H]2[C@@H]3CCC4CCCC(c5c[c]ccc5)[C@]4(C)[C@H]3CC[C@]12C)C(C)C. The standard InChI is InChI=1S/C35H55/c1-7-26(24(2)3)17-16-25(4)30-20-21-32-29-19-18-28-14-11-15-31(27-12-9-8-10-13-27)35(28,6)33(29)22-23-34(30,32)5/h8-9,12-13,24-26,28-33H,7,11,14-23H2,1-6H3/t25-,26-,28?,29+,30-,31?,32+,33+,34-,35-/m1/s1. The van der Waals surface area contributed by atoms with Crippen LogP contribution in [0.1, 0.15) is 130 Å². The highest BCUT2D eigenvalue weighted by atomic mass is 14.7. The summed E-state index contributed by atoms with van der Waals surface area (Å²) in [6.07, 6.45) is 17.7. The molecule has 2 unspecified atom stereocenters. The van der Waals surface area contributed by atoms with Crippen LogP contribution in [0.15, 0.2) is 24.3 Å². The highest BCUT2D eigenvalue weighted by molar-refractivity contribution is 5.25. The lowest BCUT2D eigenvalue weighted by Crippen LogP contribution is -2.55. The van der Waals surface area contributed by atoms with Gasteiger partial charge >= 0.3 is 0 Å². The lowest BCUT2D eigenvalue weighted by atomic mass is 9.42. The Morgan fingerprint density at radius 1 is 0.943 bits per heavy atom. The molecular weight excluding hydrogens is 420 g/mol. The third kappa shape index (κ3) is 4.36. The Balaban J connectivity index is 1.35. The fourth-order valence-corrected chi connectivity index (χ4v) is 11.2. The molecule has 0 N–H and O–H groups in total. The molecule has 0 spiro atoms. The molecule has 0 aliphatic heterocycles. The first-order chi connectivity index (χ1) is 16.8. The van der Waals surface area contributed by atoms with Crippen molar-refractivity contribution in [3.05, 3.63) is 35.9 Å². The van der Waals surface area contributed by atoms with E-state index in [9.17, 15) is 0 Å². The van der Waals surface area contributed by atoms with Gasteiger partial charge in [-0.1, -0.05) is 85.1 Å². The molecule has 0 heterocycles. The zero-order valence-corrected chi connectivity index (χ0v) is 24.0. The molecule has 195 valence electrons. The number of rotatable bonds is 7. The van der Waals surface area contributed by atoms with E-state index in [1.54, 1.807) is 5.56 Å². The largest absolute Gasteiger partial charge is 0.0651 e. The van der Waals surface area contributed by atoms with E-state index in [0.717, 1.165) is 53.3 Å². The first kappa shape index (κ1) is 25.9. The third-order valence-corrected chi connectivity index (χ3v) is 13.1. The molecule has 4 fully saturated rings. The van der Waals surface area contributed by atoms with Gasteiger partial charge in [0, 0.05) is 0 Å². The van der Waals surface area contributed by atoms with E-state index in [2.05, 4.69) is 71.9 Å². The fourth-order valence-electron chi connectivity index (χ4n) is 11.2. The molecule has 5 rings (SSSR count). The average molecular weight is 476 g/mol. The first-order valence-electron chi connectivity index (χ1n) is 15.8. The maximum atomic E-state index is 3.44. The van der Waals surface area contributed by atoms with Crippen LogP contribution in [0.25, 0.3) is 0 Å². The summed E-state index contributed by atoms with van der Waals surface area (Å²) < 4.78 is 0. The molecule has 4 saturated carbocycles. The van der Waals surface area contributed by atoms with E-state index in [-0.39, 0.29) is 0 Å². The van der Waals surface area contributed by atoms with E-state index in [1.807, 2.05) is 0 Å². The molecule has 1 aromatic carbocycles. The van der Waals surface area contributed by atoms with Crippen molar-refractivity contribution in [3.8, 4) is 0 Å². The quantitative estimate of drug-likeness (QED) is 0.368. The van der Waals surface area contributed by atoms with Gasteiger partial charge in [0.25, 0.3) is 0 Å². The van der Waals surface area contributed by atoms with Crippen LogP contribution >= 0.6 is 0 Å². The second-order valence-electron chi connectivity index (χ2n) is 14.5. The normalized spacial score (nSPS) is 42.7. The van der Waals surface area contributed by atoms with E-state index in [1.165, 1.54) is 77.0 Å². The van der Waals surface area contributed by atoms with Gasteiger partial charge in [-0.25, -0.2) is 0 Å². The summed E-state index contributed by atoms with van der Waals surface area (Å²) in [5, 5.41) is 0. The number of benzene rings is 1. The molecule has 0 aromatic heterocycles. The van der Waals surface area contributed by atoms with Gasteiger partial charge in [0.1, 0.15) is 0 Å². The van der Waals surface area contributed by atoms with Crippen LogP contribution in [0.2, 0.25) is 0 Å². The van der Waals surface area contributed by atoms with Gasteiger partial charge < -0.3 is 0 Å². The molecule has 0 nitrogen and oxygen atoms in total. The van der Waals surface area contributed by atoms with Gasteiger partial charge in [0.2, 0.25) is 0 Å². The van der Waals surface area contributed by atoms with Crippen molar-refractivity contribution in [1.29, 1.82) is 0 Å². The molecule has 0 heteroatoms. The number of fused-ring (bicyclic) bond motifs is 5. The minimum absolute atomic E-state index is 0.507. The Morgan fingerprint density at radius 3 is 2.49 bits per heavy atom. The van der Waals surface area contributed by atoms with Crippen LogP contribution in [-0.2, 0) is 0 Å². The lowest BCUT2D eigenvalue weighted by Gasteiger charge is -2.63. The topological polar surface area (TPSA) is 0 Å². The minimum Gasteiger partial charge on any atom is -0.0651 e. The summed E-state index contributed by atoms with van der Waals surface area (Å²) in [4.78, 5) is 0. The van der Waals surface area contributed by atoms with Crippen molar-refractivity contribution in [1.82, 2.24) is 0 Å². The Bertz CT molecular complexity index is 824. The minimum atomic E-state index is 0.507. The Labute approximate surface area is 218 Å². The maximum absolute atomic E-state index is 3.44. The third-order valence-electron chi connectivity index (χ3n) is 13.1. The Morgan fingerprint density at radius 2 is 1.77 bits per heavy atom. The van der Waals surface area contributed by atoms with Crippen molar-refractivity contribution in [3.63, 3.8) is 0 Å². The van der Waals surface area contributed by atoms with Gasteiger partial charge in [-0.15, -0.1) is 0 Å². The second-order valence-corrected chi connectivity index (χ2v) is 14.5. The molecule has 35 heavy (non-hydrogen) atoms. The van der Waals surface area contributed by atoms with Crippen molar-refractivity contribution >= 4 is 0 Å². The smallest absolute Gasteiger partial charge is 0.0102 e. The predicted octanol–water partition coefficient (Wildman–Crippen LogP) is 10.3.